The fraction of sp³-hybridized carbons (Fsp3) is 0.375. The van der Waals surface area contributed by atoms with Crippen LogP contribution < -0.4 is 10.2 Å². The van der Waals surface area contributed by atoms with Crippen LogP contribution in [0.25, 0.3) is 22.4 Å². The van der Waals surface area contributed by atoms with E-state index in [1.165, 1.54) is 5.56 Å². The molecule has 1 aliphatic carbocycles. The van der Waals surface area contributed by atoms with E-state index in [1.807, 2.05) is 25.5 Å². The lowest BCUT2D eigenvalue weighted by molar-refractivity contribution is 0.0521. The van der Waals surface area contributed by atoms with Gasteiger partial charge in [-0.15, -0.1) is 0 Å². The zero-order valence-corrected chi connectivity index (χ0v) is 18.0. The van der Waals surface area contributed by atoms with Crippen molar-refractivity contribution in [2.45, 2.75) is 38.1 Å². The predicted molar refractivity (Wildman–Crippen MR) is 116 cm³/mol. The Balaban J connectivity index is 1.72. The summed E-state index contributed by atoms with van der Waals surface area (Å²) in [6, 6.07) is 5.74. The number of methoxy groups -OCH3 is 1. The molecular weight excluding hydrogens is 394 g/mol. The summed E-state index contributed by atoms with van der Waals surface area (Å²) in [4.78, 5) is 25.2. The first-order valence-electron chi connectivity index (χ1n) is 10.6. The number of rotatable bonds is 4. The van der Waals surface area contributed by atoms with E-state index in [2.05, 4.69) is 15.7 Å². The topological polar surface area (TPSA) is 75.3 Å². The maximum atomic E-state index is 12.8. The molecule has 7 nitrogen and oxygen atoms in total. The number of benzene rings is 1. The van der Waals surface area contributed by atoms with E-state index in [0.29, 0.717) is 0 Å². The van der Waals surface area contributed by atoms with E-state index in [1.54, 1.807) is 31.0 Å². The Kier molecular flexibility index (Phi) is 4.50. The van der Waals surface area contributed by atoms with Gasteiger partial charge in [0.1, 0.15) is 11.3 Å². The van der Waals surface area contributed by atoms with Crippen LogP contribution in [-0.4, -0.2) is 34.0 Å². The lowest BCUT2D eigenvalue weighted by Crippen LogP contribution is -2.46. The van der Waals surface area contributed by atoms with Gasteiger partial charge in [0.2, 0.25) is 0 Å². The summed E-state index contributed by atoms with van der Waals surface area (Å²) in [5, 5.41) is 4.30. The van der Waals surface area contributed by atoms with Gasteiger partial charge in [-0.3, -0.25) is 9.48 Å². The molecule has 1 spiro atoms. The molecule has 3 heterocycles. The van der Waals surface area contributed by atoms with Crippen molar-refractivity contribution in [3.05, 3.63) is 58.1 Å². The van der Waals surface area contributed by atoms with Crippen LogP contribution in [0.3, 0.4) is 0 Å². The highest BCUT2D eigenvalue weighted by atomic mass is 16.5. The molecule has 31 heavy (non-hydrogen) atoms. The van der Waals surface area contributed by atoms with Crippen LogP contribution >= 0.6 is 0 Å². The Morgan fingerprint density at radius 1 is 1.19 bits per heavy atom. The summed E-state index contributed by atoms with van der Waals surface area (Å²) in [6.45, 7) is 1.98. The largest absolute Gasteiger partial charge is 0.496 e. The second kappa shape index (κ2) is 7.11. The minimum atomic E-state index is -0.562. The molecule has 0 amide bonds. The lowest BCUT2D eigenvalue weighted by Gasteiger charge is -2.49. The zero-order valence-electron chi connectivity index (χ0n) is 18.0. The third-order valence-electron chi connectivity index (χ3n) is 6.58. The van der Waals surface area contributed by atoms with Crippen molar-refractivity contribution in [3.63, 3.8) is 0 Å². The number of carbonyl (C=O) groups excluding carboxylic acids is 1. The maximum absolute atomic E-state index is 12.8. The van der Waals surface area contributed by atoms with Crippen LogP contribution in [0.5, 0.6) is 5.75 Å². The Labute approximate surface area is 180 Å². The van der Waals surface area contributed by atoms with E-state index in [4.69, 9.17) is 9.47 Å². The van der Waals surface area contributed by atoms with E-state index < -0.39 is 5.97 Å². The molecule has 1 aliphatic heterocycles. The molecule has 160 valence electrons. The highest BCUT2D eigenvalue weighted by Gasteiger charge is 2.43. The summed E-state index contributed by atoms with van der Waals surface area (Å²) in [5.74, 6) is 0.164. The van der Waals surface area contributed by atoms with Gasteiger partial charge in [-0.05, 0) is 50.3 Å². The van der Waals surface area contributed by atoms with Crippen molar-refractivity contribution < 1.29 is 14.3 Å². The maximum Gasteiger partial charge on any atom is 0.343 e. The number of esters is 1. The first-order valence-corrected chi connectivity index (χ1v) is 10.6. The number of carbonyl (C=O) groups is 1. The normalized spacial score (nSPS) is 15.7. The third kappa shape index (κ3) is 2.99. The second-order valence-corrected chi connectivity index (χ2v) is 8.39. The van der Waals surface area contributed by atoms with Gasteiger partial charge >= 0.3 is 5.97 Å². The van der Waals surface area contributed by atoms with Crippen LogP contribution in [0.2, 0.25) is 0 Å². The number of aromatic nitrogens is 3. The lowest BCUT2D eigenvalue weighted by atomic mass is 9.69. The fourth-order valence-corrected chi connectivity index (χ4v) is 4.90. The number of hydrogen-bond donors (Lipinski definition) is 0. The van der Waals surface area contributed by atoms with Gasteiger partial charge in [0, 0.05) is 47.7 Å². The number of pyridine rings is 1. The van der Waals surface area contributed by atoms with Crippen LogP contribution in [0, 0.1) is 0 Å². The molecule has 0 unspecified atom stereocenters. The molecule has 2 aromatic heterocycles. The van der Waals surface area contributed by atoms with Crippen LogP contribution in [0.1, 0.15) is 42.1 Å². The molecule has 0 saturated heterocycles. The van der Waals surface area contributed by atoms with Crippen molar-refractivity contribution in [3.8, 4) is 28.1 Å². The molecule has 0 atom stereocenters. The summed E-state index contributed by atoms with van der Waals surface area (Å²) >= 11 is 0. The smallest absolute Gasteiger partial charge is 0.343 e. The second-order valence-electron chi connectivity index (χ2n) is 8.39. The number of hydrogen-bond acceptors (Lipinski definition) is 5. The fourth-order valence-electron chi connectivity index (χ4n) is 4.90. The Morgan fingerprint density at radius 3 is 2.61 bits per heavy atom. The Hall–Kier alpha value is -3.35. The van der Waals surface area contributed by atoms with Crippen molar-refractivity contribution in [1.29, 1.82) is 0 Å². The standard InChI is InChI=1S/C24H25N3O4/c1-4-31-23(29)19-14-27-20(10-21(19)28)17-9-22(30-3)18(16-12-25-26(2)13-16)8-15(17)11-24(27)6-5-7-24/h8-10,12-14H,4-7,11H2,1-3H3. The molecule has 1 aromatic carbocycles. The summed E-state index contributed by atoms with van der Waals surface area (Å²) in [7, 11) is 3.54. The molecule has 3 aromatic rings. The molecule has 1 fully saturated rings. The monoisotopic (exact) mass is 419 g/mol. The Morgan fingerprint density at radius 2 is 2.00 bits per heavy atom. The molecule has 7 heteroatoms. The van der Waals surface area contributed by atoms with E-state index in [0.717, 1.165) is 53.8 Å². The summed E-state index contributed by atoms with van der Waals surface area (Å²) < 4.78 is 14.7. The Bertz CT molecular complexity index is 1250. The molecule has 0 bridgehead atoms. The highest BCUT2D eigenvalue weighted by molar-refractivity contribution is 5.90. The van der Waals surface area contributed by atoms with Crippen LogP contribution in [-0.2, 0) is 23.7 Å². The average Bonchev–Trinajstić information content (AvgIpc) is 3.16. The predicted octanol–water partition coefficient (Wildman–Crippen LogP) is 3.54. The average molecular weight is 419 g/mol. The SMILES string of the molecule is CCOC(=O)c1cn2c(cc1=O)-c1cc(OC)c(-c3cnn(C)c3)cc1CC21CCC1. The minimum Gasteiger partial charge on any atom is -0.496 e. The molecular formula is C24H25N3O4. The number of aryl methyl sites for hydroxylation is 1. The molecule has 0 N–H and O–H groups in total. The van der Waals surface area contributed by atoms with Gasteiger partial charge < -0.3 is 14.0 Å². The van der Waals surface area contributed by atoms with E-state index >= 15 is 0 Å². The molecule has 5 rings (SSSR count). The van der Waals surface area contributed by atoms with Gasteiger partial charge in [0.05, 0.1) is 25.6 Å². The van der Waals surface area contributed by atoms with Crippen molar-refractivity contribution >= 4 is 5.97 Å². The quantitative estimate of drug-likeness (QED) is 0.605. The van der Waals surface area contributed by atoms with Gasteiger partial charge in [-0.2, -0.15) is 5.10 Å². The summed E-state index contributed by atoms with van der Waals surface area (Å²) in [6.07, 6.45) is 9.50. The van der Waals surface area contributed by atoms with Gasteiger partial charge in [-0.25, -0.2) is 4.79 Å². The molecule has 2 aliphatic rings. The third-order valence-corrected chi connectivity index (χ3v) is 6.58. The molecule has 0 radical (unpaired) electrons. The van der Waals surface area contributed by atoms with Gasteiger partial charge in [0.15, 0.2) is 5.43 Å². The van der Waals surface area contributed by atoms with Crippen molar-refractivity contribution in [2.24, 2.45) is 7.05 Å². The minimum absolute atomic E-state index is 0.0965. The van der Waals surface area contributed by atoms with Crippen molar-refractivity contribution in [2.75, 3.05) is 13.7 Å². The van der Waals surface area contributed by atoms with Crippen LogP contribution in [0.15, 0.2) is 41.6 Å². The van der Waals surface area contributed by atoms with Crippen LogP contribution in [0.4, 0.5) is 0 Å². The zero-order chi connectivity index (χ0) is 21.8. The first-order chi connectivity index (χ1) is 15.0. The van der Waals surface area contributed by atoms with E-state index in [9.17, 15) is 9.59 Å². The molecule has 1 saturated carbocycles. The highest BCUT2D eigenvalue weighted by Crippen LogP contribution is 2.50. The van der Waals surface area contributed by atoms with Crippen molar-refractivity contribution in [1.82, 2.24) is 14.3 Å². The number of nitrogens with zero attached hydrogens (tertiary/aromatic N) is 3. The summed E-state index contributed by atoms with van der Waals surface area (Å²) in [5.41, 5.74) is 4.62. The van der Waals surface area contributed by atoms with Gasteiger partial charge in [0.25, 0.3) is 0 Å². The first kappa shape index (κ1) is 19.6. The van der Waals surface area contributed by atoms with E-state index in [-0.39, 0.29) is 23.1 Å². The number of ether oxygens (including phenoxy) is 2. The number of fused-ring (bicyclic) bond motifs is 4. The van der Waals surface area contributed by atoms with Gasteiger partial charge in [-0.1, -0.05) is 0 Å².